The molecule has 2 aromatic carbocycles. The molecule has 2 aliphatic rings. The summed E-state index contributed by atoms with van der Waals surface area (Å²) >= 11 is 0. The van der Waals surface area contributed by atoms with E-state index in [1.165, 1.54) is 24.3 Å². The molecule has 6 nitrogen and oxygen atoms in total. The number of nitrogens with one attached hydrogen (secondary N) is 2. The Labute approximate surface area is 188 Å². The normalized spacial score (nSPS) is 20.3. The molecule has 0 aromatic heterocycles. The molecule has 1 saturated heterocycles. The first-order valence-electron chi connectivity index (χ1n) is 11.1. The van der Waals surface area contributed by atoms with Crippen LogP contribution in [0, 0.1) is 5.82 Å². The second kappa shape index (κ2) is 9.68. The van der Waals surface area contributed by atoms with Gasteiger partial charge in [-0.2, -0.15) is 0 Å². The molecule has 1 atom stereocenters. The Balaban J connectivity index is 1.43. The average Bonchev–Trinajstić information content (AvgIpc) is 3.50. The zero-order valence-electron chi connectivity index (χ0n) is 18.0. The Morgan fingerprint density at radius 3 is 2.53 bits per heavy atom. The lowest BCUT2D eigenvalue weighted by molar-refractivity contribution is 0.0943. The molecule has 0 spiro atoms. The van der Waals surface area contributed by atoms with Crippen LogP contribution in [0.1, 0.15) is 54.4 Å². The molecule has 172 valence electrons. The molecule has 8 heteroatoms. The number of carbonyl (C=O) groups excluding carboxylic acids is 1. The summed E-state index contributed by atoms with van der Waals surface area (Å²) < 4.78 is 46.8. The molecule has 1 aliphatic heterocycles. The molecular weight excluding hydrogens is 431 g/mol. The predicted octanol–water partition coefficient (Wildman–Crippen LogP) is 3.52. The Kier molecular flexibility index (Phi) is 6.93. The summed E-state index contributed by atoms with van der Waals surface area (Å²) in [6, 6.07) is 12.5. The van der Waals surface area contributed by atoms with Crippen LogP contribution in [0.15, 0.2) is 53.4 Å². The van der Waals surface area contributed by atoms with E-state index >= 15 is 0 Å². The molecule has 2 N–H and O–H groups in total. The lowest BCUT2D eigenvalue weighted by Gasteiger charge is -2.30. The zero-order chi connectivity index (χ0) is 22.6. The fourth-order valence-electron chi connectivity index (χ4n) is 4.67. The Hall–Kier alpha value is -2.29. The lowest BCUT2D eigenvalue weighted by Crippen LogP contribution is -2.39. The van der Waals surface area contributed by atoms with Gasteiger partial charge in [0.2, 0.25) is 10.0 Å². The van der Waals surface area contributed by atoms with Crippen molar-refractivity contribution in [1.29, 1.82) is 0 Å². The van der Waals surface area contributed by atoms with Crippen LogP contribution in [0.25, 0.3) is 0 Å². The predicted molar refractivity (Wildman–Crippen MR) is 119 cm³/mol. The quantitative estimate of drug-likeness (QED) is 0.631. The van der Waals surface area contributed by atoms with Gasteiger partial charge in [0, 0.05) is 30.7 Å². The van der Waals surface area contributed by atoms with Gasteiger partial charge in [0.1, 0.15) is 5.82 Å². The standard InChI is InChI=1S/C24H29FN2O4S/c25-20-10-8-19(9-11-20)24(12-1-2-13-24)17-26-23(28)18-5-3-7-22(15-18)32(29,30)27-16-21-6-4-14-31-21/h3,5,7-11,15,21,27H,1-2,4,6,12-14,16-17H2,(H,26,28). The monoisotopic (exact) mass is 460 g/mol. The first-order chi connectivity index (χ1) is 15.4. The van der Waals surface area contributed by atoms with Crippen LogP contribution >= 0.6 is 0 Å². The number of ether oxygens (including phenoxy) is 1. The van der Waals surface area contributed by atoms with Gasteiger partial charge in [-0.1, -0.05) is 31.0 Å². The number of rotatable bonds is 8. The van der Waals surface area contributed by atoms with E-state index in [9.17, 15) is 17.6 Å². The van der Waals surface area contributed by atoms with E-state index in [1.54, 1.807) is 24.3 Å². The van der Waals surface area contributed by atoms with Gasteiger partial charge in [0.25, 0.3) is 5.91 Å². The van der Waals surface area contributed by atoms with Gasteiger partial charge < -0.3 is 10.1 Å². The van der Waals surface area contributed by atoms with Crippen LogP contribution < -0.4 is 10.0 Å². The van der Waals surface area contributed by atoms with Crippen molar-refractivity contribution in [1.82, 2.24) is 10.0 Å². The number of halogens is 1. The highest BCUT2D eigenvalue weighted by molar-refractivity contribution is 7.89. The van der Waals surface area contributed by atoms with Crippen molar-refractivity contribution >= 4 is 15.9 Å². The van der Waals surface area contributed by atoms with Gasteiger partial charge in [0.15, 0.2) is 0 Å². The Morgan fingerprint density at radius 1 is 1.09 bits per heavy atom. The van der Waals surface area contributed by atoms with E-state index in [1.807, 2.05) is 0 Å². The van der Waals surface area contributed by atoms with Crippen LogP contribution in [0.4, 0.5) is 4.39 Å². The average molecular weight is 461 g/mol. The van der Waals surface area contributed by atoms with E-state index < -0.39 is 10.0 Å². The highest BCUT2D eigenvalue weighted by Gasteiger charge is 2.36. The van der Waals surface area contributed by atoms with Crippen molar-refractivity contribution in [3.05, 3.63) is 65.5 Å². The molecule has 0 radical (unpaired) electrons. The summed E-state index contributed by atoms with van der Waals surface area (Å²) in [5.74, 6) is -0.605. The van der Waals surface area contributed by atoms with Gasteiger partial charge in [-0.05, 0) is 61.6 Å². The van der Waals surface area contributed by atoms with Crippen molar-refractivity contribution in [2.24, 2.45) is 0 Å². The summed E-state index contributed by atoms with van der Waals surface area (Å²) in [5, 5.41) is 2.98. The summed E-state index contributed by atoms with van der Waals surface area (Å²) in [6.45, 7) is 1.30. The van der Waals surface area contributed by atoms with Crippen molar-refractivity contribution in [3.8, 4) is 0 Å². The van der Waals surface area contributed by atoms with E-state index in [0.717, 1.165) is 44.1 Å². The molecule has 1 aliphatic carbocycles. The maximum atomic E-state index is 13.4. The third-order valence-electron chi connectivity index (χ3n) is 6.54. The number of hydrogen-bond donors (Lipinski definition) is 2. The minimum atomic E-state index is -3.74. The van der Waals surface area contributed by atoms with Crippen molar-refractivity contribution in [2.75, 3.05) is 19.7 Å². The molecule has 1 heterocycles. The largest absolute Gasteiger partial charge is 0.377 e. The molecule has 0 bridgehead atoms. The third kappa shape index (κ3) is 5.19. The summed E-state index contributed by atoms with van der Waals surface area (Å²) in [4.78, 5) is 12.9. The van der Waals surface area contributed by atoms with E-state index in [4.69, 9.17) is 4.74 Å². The van der Waals surface area contributed by atoms with E-state index in [0.29, 0.717) is 13.2 Å². The summed E-state index contributed by atoms with van der Waals surface area (Å²) in [5.41, 5.74) is 1.08. The molecule has 1 saturated carbocycles. The second-order valence-corrected chi connectivity index (χ2v) is 10.5. The summed E-state index contributed by atoms with van der Waals surface area (Å²) in [6.07, 6.45) is 5.60. The topological polar surface area (TPSA) is 84.5 Å². The Bertz CT molecular complexity index is 1040. The molecule has 4 rings (SSSR count). The number of benzene rings is 2. The Morgan fingerprint density at radius 2 is 1.84 bits per heavy atom. The van der Waals surface area contributed by atoms with Gasteiger partial charge >= 0.3 is 0 Å². The maximum Gasteiger partial charge on any atom is 0.251 e. The molecule has 2 fully saturated rings. The molecular formula is C24H29FN2O4S. The van der Waals surface area contributed by atoms with Gasteiger partial charge in [-0.3, -0.25) is 4.79 Å². The SMILES string of the molecule is O=C(NCC1(c2ccc(F)cc2)CCCC1)c1cccc(S(=O)(=O)NCC2CCCO2)c1. The van der Waals surface area contributed by atoms with Gasteiger partial charge in [-0.15, -0.1) is 0 Å². The van der Waals surface area contributed by atoms with Crippen molar-refractivity contribution in [2.45, 2.75) is 54.9 Å². The highest BCUT2D eigenvalue weighted by atomic mass is 32.2. The number of hydrogen-bond acceptors (Lipinski definition) is 4. The van der Waals surface area contributed by atoms with Crippen molar-refractivity contribution in [3.63, 3.8) is 0 Å². The smallest absolute Gasteiger partial charge is 0.251 e. The van der Waals surface area contributed by atoms with Gasteiger partial charge in [0.05, 0.1) is 11.0 Å². The van der Waals surface area contributed by atoms with Crippen LogP contribution in [0.2, 0.25) is 0 Å². The fraction of sp³-hybridized carbons (Fsp3) is 0.458. The maximum absolute atomic E-state index is 13.4. The second-order valence-electron chi connectivity index (χ2n) is 8.69. The highest BCUT2D eigenvalue weighted by Crippen LogP contribution is 2.40. The van der Waals surface area contributed by atoms with Crippen LogP contribution in [-0.2, 0) is 20.2 Å². The first-order valence-corrected chi connectivity index (χ1v) is 12.6. The molecule has 1 amide bonds. The minimum Gasteiger partial charge on any atom is -0.377 e. The van der Waals surface area contributed by atoms with Crippen LogP contribution in [0.5, 0.6) is 0 Å². The van der Waals surface area contributed by atoms with E-state index in [2.05, 4.69) is 10.0 Å². The first kappa shape index (κ1) is 22.9. The lowest BCUT2D eigenvalue weighted by atomic mass is 9.78. The minimum absolute atomic E-state index is 0.0530. The number of amides is 1. The van der Waals surface area contributed by atoms with Crippen molar-refractivity contribution < 1.29 is 22.3 Å². The number of carbonyl (C=O) groups is 1. The van der Waals surface area contributed by atoms with E-state index in [-0.39, 0.29) is 40.2 Å². The molecule has 32 heavy (non-hydrogen) atoms. The summed E-state index contributed by atoms with van der Waals surface area (Å²) in [7, 11) is -3.74. The van der Waals surface area contributed by atoms with Crippen LogP contribution in [0.3, 0.4) is 0 Å². The fourth-order valence-corrected chi connectivity index (χ4v) is 5.78. The zero-order valence-corrected chi connectivity index (χ0v) is 18.8. The van der Waals surface area contributed by atoms with Crippen LogP contribution in [-0.4, -0.2) is 40.1 Å². The molecule has 1 unspecified atom stereocenters. The third-order valence-corrected chi connectivity index (χ3v) is 7.96. The van der Waals surface area contributed by atoms with Gasteiger partial charge in [-0.25, -0.2) is 17.5 Å². The molecule has 2 aromatic rings. The number of sulfonamides is 1.